The molecule has 0 spiro atoms. The second kappa shape index (κ2) is 4.87. The van der Waals surface area contributed by atoms with Crippen molar-refractivity contribution >= 4 is 11.9 Å². The maximum Gasteiger partial charge on any atom is 0.333 e. The summed E-state index contributed by atoms with van der Waals surface area (Å²) in [4.78, 5) is 24.8. The second-order valence-electron chi connectivity index (χ2n) is 5.21. The van der Waals surface area contributed by atoms with E-state index >= 15 is 0 Å². The minimum Gasteiger partial charge on any atom is -0.479 e. The molecule has 0 amide bonds. The van der Waals surface area contributed by atoms with E-state index in [-0.39, 0.29) is 17.9 Å². The molecule has 1 aromatic rings. The summed E-state index contributed by atoms with van der Waals surface area (Å²) in [6.07, 6.45) is -0.0606. The molecule has 1 aromatic heterocycles. The fraction of sp³-hybridized carbons (Fsp3) is 0.538. The number of carboxylic acid groups (broad SMARTS) is 2. The Hall–Kier alpha value is -2.38. The van der Waals surface area contributed by atoms with Gasteiger partial charge in [0.05, 0.1) is 12.0 Å². The molecular weight excluding hydrogens is 278 g/mol. The molecule has 114 valence electrons. The monoisotopic (exact) mass is 295 g/mol. The largest absolute Gasteiger partial charge is 0.479 e. The number of likely N-dealkylation sites (N-methyl/N-ethyl adjacent to an activating group) is 1. The minimum atomic E-state index is -1.45. The first kappa shape index (κ1) is 15.0. The van der Waals surface area contributed by atoms with Crippen LogP contribution in [0, 0.1) is 12.8 Å². The Morgan fingerprint density at radius 2 is 1.95 bits per heavy atom. The molecule has 0 aliphatic carbocycles. The van der Waals surface area contributed by atoms with Gasteiger partial charge in [0, 0.05) is 25.6 Å². The van der Waals surface area contributed by atoms with Gasteiger partial charge in [0.15, 0.2) is 5.54 Å². The van der Waals surface area contributed by atoms with Crippen molar-refractivity contribution in [2.45, 2.75) is 32.7 Å². The number of aromatic nitrogens is 2. The molecule has 2 atom stereocenters. The predicted molar refractivity (Wildman–Crippen MR) is 70.4 cm³/mol. The number of aryl methyl sites for hydroxylation is 1. The highest BCUT2D eigenvalue weighted by Crippen LogP contribution is 2.43. The molecule has 0 radical (unpaired) electrons. The number of rotatable bonds is 4. The number of allylic oxidation sites excluding steroid dienone is 1. The van der Waals surface area contributed by atoms with Crippen molar-refractivity contribution in [3.8, 4) is 0 Å². The zero-order valence-electron chi connectivity index (χ0n) is 12.2. The molecule has 8 heteroatoms. The second-order valence-corrected chi connectivity index (χ2v) is 5.21. The Balaban J connectivity index is 2.49. The van der Waals surface area contributed by atoms with Crippen LogP contribution < -0.4 is 0 Å². The first-order chi connectivity index (χ1) is 9.71. The lowest BCUT2D eigenvalue weighted by atomic mass is 9.80. The summed E-state index contributed by atoms with van der Waals surface area (Å²) in [6.45, 7) is 4.80. The van der Waals surface area contributed by atoms with E-state index in [0.29, 0.717) is 11.6 Å². The highest BCUT2D eigenvalue weighted by molar-refractivity contribution is 5.93. The Labute approximate surface area is 121 Å². The van der Waals surface area contributed by atoms with Gasteiger partial charge in [-0.2, -0.15) is 0 Å². The number of nitrogens with zero attached hydrogens (tertiary/aromatic N) is 3. The molecule has 0 fully saturated rings. The normalized spacial score (nSPS) is 25.5. The van der Waals surface area contributed by atoms with Crippen LogP contribution >= 0.6 is 0 Å². The molecule has 0 bridgehead atoms. The summed E-state index contributed by atoms with van der Waals surface area (Å²) in [5.74, 6) is -2.44. The smallest absolute Gasteiger partial charge is 0.333 e. The number of aliphatic carboxylic acids is 2. The molecule has 2 rings (SSSR count). The molecule has 1 aliphatic heterocycles. The number of hydrogen-bond donors (Lipinski definition) is 2. The summed E-state index contributed by atoms with van der Waals surface area (Å²) >= 11 is 0. The SMILES string of the molecule is CC1=C(C(=O)O)C(C)C(Cc2nnc(C)o2)(C(=O)O)N1C. The van der Waals surface area contributed by atoms with Crippen LogP contribution in [0.1, 0.15) is 25.6 Å². The lowest BCUT2D eigenvalue weighted by molar-refractivity contribution is -0.151. The van der Waals surface area contributed by atoms with Crippen molar-refractivity contribution in [3.05, 3.63) is 23.1 Å². The third-order valence-electron chi connectivity index (χ3n) is 4.23. The first-order valence-corrected chi connectivity index (χ1v) is 6.42. The molecule has 0 saturated carbocycles. The van der Waals surface area contributed by atoms with Gasteiger partial charge in [-0.3, -0.25) is 0 Å². The summed E-state index contributed by atoms with van der Waals surface area (Å²) in [5, 5.41) is 26.6. The molecule has 8 nitrogen and oxygen atoms in total. The van der Waals surface area contributed by atoms with Gasteiger partial charge in [0.1, 0.15) is 0 Å². The molecular formula is C13H17N3O5. The molecule has 1 aliphatic rings. The third-order valence-corrected chi connectivity index (χ3v) is 4.23. The number of hydrogen-bond acceptors (Lipinski definition) is 6. The lowest BCUT2D eigenvalue weighted by Crippen LogP contribution is -2.55. The Morgan fingerprint density at radius 3 is 2.33 bits per heavy atom. The molecule has 0 saturated heterocycles. The average molecular weight is 295 g/mol. The van der Waals surface area contributed by atoms with Gasteiger partial charge >= 0.3 is 11.9 Å². The van der Waals surface area contributed by atoms with Crippen LogP contribution in [0.3, 0.4) is 0 Å². The zero-order chi connectivity index (χ0) is 15.9. The fourth-order valence-electron chi connectivity index (χ4n) is 2.98. The highest BCUT2D eigenvalue weighted by atomic mass is 16.4. The third kappa shape index (κ3) is 2.07. The van der Waals surface area contributed by atoms with Crippen molar-refractivity contribution in [2.24, 2.45) is 5.92 Å². The van der Waals surface area contributed by atoms with Crippen LogP contribution in [-0.2, 0) is 16.0 Å². The molecule has 2 unspecified atom stereocenters. The van der Waals surface area contributed by atoms with Crippen molar-refractivity contribution in [3.63, 3.8) is 0 Å². The van der Waals surface area contributed by atoms with Gasteiger partial charge in [0.2, 0.25) is 11.8 Å². The lowest BCUT2D eigenvalue weighted by Gasteiger charge is -2.36. The van der Waals surface area contributed by atoms with Crippen LogP contribution in [0.5, 0.6) is 0 Å². The van der Waals surface area contributed by atoms with Crippen LogP contribution in [0.4, 0.5) is 0 Å². The maximum atomic E-state index is 11.9. The average Bonchev–Trinajstić information content (AvgIpc) is 2.86. The van der Waals surface area contributed by atoms with E-state index in [1.165, 1.54) is 4.90 Å². The van der Waals surface area contributed by atoms with E-state index in [1.54, 1.807) is 27.8 Å². The predicted octanol–water partition coefficient (Wildman–Crippen LogP) is 0.684. The van der Waals surface area contributed by atoms with Crippen LogP contribution in [0.25, 0.3) is 0 Å². The number of carboxylic acids is 2. The van der Waals surface area contributed by atoms with E-state index in [0.717, 1.165) is 0 Å². The Bertz CT molecular complexity index is 636. The summed E-state index contributed by atoms with van der Waals surface area (Å²) in [5.41, 5.74) is -0.929. The van der Waals surface area contributed by atoms with Crippen LogP contribution in [-0.4, -0.2) is 49.8 Å². The van der Waals surface area contributed by atoms with Crippen LogP contribution in [0.15, 0.2) is 15.7 Å². The Morgan fingerprint density at radius 1 is 1.33 bits per heavy atom. The zero-order valence-corrected chi connectivity index (χ0v) is 12.2. The van der Waals surface area contributed by atoms with Gasteiger partial charge in [-0.05, 0) is 6.92 Å². The summed E-state index contributed by atoms with van der Waals surface area (Å²) < 4.78 is 5.27. The first-order valence-electron chi connectivity index (χ1n) is 6.42. The molecule has 2 heterocycles. The Kier molecular flexibility index (Phi) is 3.48. The van der Waals surface area contributed by atoms with E-state index < -0.39 is 23.4 Å². The minimum absolute atomic E-state index is 0.0606. The maximum absolute atomic E-state index is 11.9. The molecule has 0 aromatic carbocycles. The number of carbonyl (C=O) groups is 2. The quantitative estimate of drug-likeness (QED) is 0.833. The van der Waals surface area contributed by atoms with Gasteiger partial charge < -0.3 is 19.5 Å². The van der Waals surface area contributed by atoms with E-state index in [4.69, 9.17) is 4.42 Å². The molecule has 21 heavy (non-hydrogen) atoms. The van der Waals surface area contributed by atoms with Crippen molar-refractivity contribution in [1.29, 1.82) is 0 Å². The highest BCUT2D eigenvalue weighted by Gasteiger charge is 2.56. The van der Waals surface area contributed by atoms with E-state index in [2.05, 4.69) is 10.2 Å². The van der Waals surface area contributed by atoms with Crippen molar-refractivity contribution in [2.75, 3.05) is 7.05 Å². The van der Waals surface area contributed by atoms with Crippen molar-refractivity contribution in [1.82, 2.24) is 15.1 Å². The van der Waals surface area contributed by atoms with Gasteiger partial charge in [0.25, 0.3) is 0 Å². The topological polar surface area (TPSA) is 117 Å². The van der Waals surface area contributed by atoms with Crippen molar-refractivity contribution < 1.29 is 24.2 Å². The standard InChI is InChI=1S/C13H17N3O5/c1-6-10(11(17)18)7(2)16(4)13(6,12(19)20)5-9-15-14-8(3)21-9/h6H,5H2,1-4H3,(H,17,18)(H,19,20). The van der Waals surface area contributed by atoms with Gasteiger partial charge in [-0.1, -0.05) is 6.92 Å². The van der Waals surface area contributed by atoms with Gasteiger partial charge in [-0.15, -0.1) is 10.2 Å². The summed E-state index contributed by atoms with van der Waals surface area (Å²) in [6, 6.07) is 0. The fourth-order valence-corrected chi connectivity index (χ4v) is 2.98. The van der Waals surface area contributed by atoms with E-state index in [1.807, 2.05) is 0 Å². The molecule has 2 N–H and O–H groups in total. The van der Waals surface area contributed by atoms with Crippen LogP contribution in [0.2, 0.25) is 0 Å². The summed E-state index contributed by atoms with van der Waals surface area (Å²) in [7, 11) is 1.57. The van der Waals surface area contributed by atoms with Gasteiger partial charge in [-0.25, -0.2) is 9.59 Å². The van der Waals surface area contributed by atoms with E-state index in [9.17, 15) is 19.8 Å².